The molecule has 11 aromatic rings. The van der Waals surface area contributed by atoms with Crippen LogP contribution >= 0.6 is 12.6 Å². The number of para-hydroxylation sites is 3. The van der Waals surface area contributed by atoms with Gasteiger partial charge in [-0.25, -0.2) is 0 Å². The van der Waals surface area contributed by atoms with Crippen LogP contribution in [0, 0.1) is 0 Å². The van der Waals surface area contributed by atoms with Crippen LogP contribution < -0.4 is 36.4 Å². The summed E-state index contributed by atoms with van der Waals surface area (Å²) in [6.07, 6.45) is 0. The van der Waals surface area contributed by atoms with Crippen LogP contribution in [0.3, 0.4) is 0 Å². The third-order valence-corrected chi connectivity index (χ3v) is 18.3. The highest BCUT2D eigenvalue weighted by molar-refractivity contribution is 7.80. The van der Waals surface area contributed by atoms with Gasteiger partial charge in [-0.05, 0) is 114 Å². The van der Waals surface area contributed by atoms with Gasteiger partial charge in [0.25, 0.3) is 0 Å². The first-order valence-electron chi connectivity index (χ1n) is 22.1. The summed E-state index contributed by atoms with van der Waals surface area (Å²) in [5.41, 5.74) is 12.2. The predicted octanol–water partition coefficient (Wildman–Crippen LogP) is 11.2. The molecule has 1 aromatic heterocycles. The van der Waals surface area contributed by atoms with Crippen molar-refractivity contribution in [3.63, 3.8) is 0 Å². The normalized spacial score (nSPS) is 12.0. The monoisotopic (exact) mass is 862 g/mol. The molecule has 1 aliphatic rings. The van der Waals surface area contributed by atoms with Gasteiger partial charge in [0, 0.05) is 21.4 Å². The Morgan fingerprint density at radius 1 is 0.385 bits per heavy atom. The van der Waals surface area contributed by atoms with E-state index in [0.717, 1.165) is 66.4 Å². The smallest absolute Gasteiger partial charge is 0.202 e. The van der Waals surface area contributed by atoms with Gasteiger partial charge in [0.1, 0.15) is 11.5 Å². The van der Waals surface area contributed by atoms with Gasteiger partial charge in [-0.1, -0.05) is 194 Å². The molecule has 0 atom stereocenters. The fourth-order valence-corrected chi connectivity index (χ4v) is 15.3. The number of aromatic nitrogens is 1. The zero-order valence-corrected chi connectivity index (χ0v) is 37.4. The van der Waals surface area contributed by atoms with Crippen LogP contribution in [0.1, 0.15) is 0 Å². The van der Waals surface area contributed by atoms with E-state index in [1.165, 1.54) is 42.6 Å². The minimum atomic E-state index is -2.77. The average Bonchev–Trinajstić information content (AvgIpc) is 3.71. The molecule has 1 radical (unpaired) electrons. The Hall–Kier alpha value is -7.57. The molecule has 1 aliphatic heterocycles. The highest BCUT2D eigenvalue weighted by atomic mass is 32.1. The zero-order valence-electron chi connectivity index (χ0n) is 35.5. The maximum absolute atomic E-state index is 6.80. The predicted molar refractivity (Wildman–Crippen MR) is 279 cm³/mol. The van der Waals surface area contributed by atoms with E-state index in [1.807, 2.05) is 12.1 Å². The second-order valence-electron chi connectivity index (χ2n) is 16.8. The van der Waals surface area contributed by atoms with Gasteiger partial charge in [-0.2, -0.15) is 0 Å². The number of fused-ring (bicyclic) bond motifs is 5. The minimum absolute atomic E-state index is 0.829. The Labute approximate surface area is 386 Å². The average molecular weight is 863 g/mol. The van der Waals surface area contributed by atoms with Crippen LogP contribution in [-0.4, -0.2) is 19.9 Å². The van der Waals surface area contributed by atoms with Crippen LogP contribution in [-0.2, 0) is 0 Å². The molecule has 12 rings (SSSR count). The molecular formula is C60H41BNOSSi. The second-order valence-corrected chi connectivity index (χ2v) is 21.1. The first kappa shape index (κ1) is 39.1. The third kappa shape index (κ3) is 6.66. The molecule has 10 aromatic carbocycles. The van der Waals surface area contributed by atoms with E-state index in [0.29, 0.717) is 0 Å². The summed E-state index contributed by atoms with van der Waals surface area (Å²) in [4.78, 5) is 0.897. The number of hydrogen-bond donors (Lipinski definition) is 1. The molecular weight excluding hydrogens is 822 g/mol. The first-order valence-corrected chi connectivity index (χ1v) is 24.6. The van der Waals surface area contributed by atoms with E-state index in [-0.39, 0.29) is 0 Å². The maximum Gasteiger partial charge on any atom is 0.202 e. The summed E-state index contributed by atoms with van der Waals surface area (Å²) in [5.74, 6) is 1.68. The van der Waals surface area contributed by atoms with Crippen molar-refractivity contribution in [2.75, 3.05) is 0 Å². The van der Waals surface area contributed by atoms with Crippen molar-refractivity contribution in [3.8, 4) is 50.6 Å². The second kappa shape index (κ2) is 16.2. The SMILES string of the molecule is Sc1cc(-c2cccc(-n3c4ccccc4c4ccccc43)c2)ccc1-c1cc(-c2cccc([Si](c3ccccc3)(c3ccccc3)c3ccccc3)c2)cc2c1[B]c1ccccc1O2. The lowest BCUT2D eigenvalue weighted by Gasteiger charge is -2.34. The van der Waals surface area contributed by atoms with E-state index >= 15 is 0 Å². The number of rotatable bonds is 8. The Morgan fingerprint density at radius 3 is 1.57 bits per heavy atom. The lowest BCUT2D eigenvalue weighted by molar-refractivity contribution is 0.488. The van der Waals surface area contributed by atoms with Crippen molar-refractivity contribution in [1.82, 2.24) is 4.57 Å². The lowest BCUT2D eigenvalue weighted by Crippen LogP contribution is -2.74. The number of ether oxygens (including phenoxy) is 1. The van der Waals surface area contributed by atoms with Crippen molar-refractivity contribution < 1.29 is 4.74 Å². The van der Waals surface area contributed by atoms with Crippen molar-refractivity contribution in [2.24, 2.45) is 0 Å². The molecule has 0 amide bonds. The summed E-state index contributed by atoms with van der Waals surface area (Å²) in [6, 6.07) is 88.2. The molecule has 65 heavy (non-hydrogen) atoms. The molecule has 0 fully saturated rings. The highest BCUT2D eigenvalue weighted by Crippen LogP contribution is 2.38. The molecule has 0 N–H and O–H groups in total. The molecule has 2 heterocycles. The van der Waals surface area contributed by atoms with Gasteiger partial charge in [0.05, 0.1) is 11.0 Å². The minimum Gasteiger partial charge on any atom is -0.458 e. The number of thiol groups is 1. The number of nitrogens with zero attached hydrogens (tertiary/aromatic N) is 1. The first-order chi connectivity index (χ1) is 32.1. The van der Waals surface area contributed by atoms with Gasteiger partial charge < -0.3 is 9.30 Å². The molecule has 0 spiro atoms. The van der Waals surface area contributed by atoms with Gasteiger partial charge in [0.15, 0.2) is 8.07 Å². The standard InChI is InChI=1S/C60H41BNOSSi/c64-59-40-43(41-18-16-20-45(36-41)62-55-31-13-10-28-50(55)51-29-11-14-32-56(51)62)34-35-52(59)53-38-44(39-58-60(53)61-54-30-12-15-33-57(54)63-58)42-19-17-27-49(37-42)65(46-21-4-1-5-22-46,47-23-6-2-7-24-47)48-25-8-3-9-26-48/h1-40,64H. The van der Waals surface area contributed by atoms with Crippen LogP contribution in [0.15, 0.2) is 248 Å². The molecule has 0 bridgehead atoms. The Morgan fingerprint density at radius 2 is 0.923 bits per heavy atom. The Bertz CT molecular complexity index is 3420. The molecule has 0 saturated heterocycles. The van der Waals surface area contributed by atoms with E-state index in [9.17, 15) is 0 Å². The summed E-state index contributed by atoms with van der Waals surface area (Å²) in [5, 5.41) is 7.85. The zero-order chi connectivity index (χ0) is 43.3. The van der Waals surface area contributed by atoms with Crippen LogP contribution in [0.5, 0.6) is 11.5 Å². The van der Waals surface area contributed by atoms with Crippen molar-refractivity contribution in [3.05, 3.63) is 243 Å². The number of hydrogen-bond acceptors (Lipinski definition) is 2. The molecule has 0 aliphatic carbocycles. The molecule has 305 valence electrons. The lowest BCUT2D eigenvalue weighted by atomic mass is 9.59. The number of benzene rings is 10. The van der Waals surface area contributed by atoms with Crippen molar-refractivity contribution >= 4 is 81.5 Å². The largest absolute Gasteiger partial charge is 0.458 e. The fraction of sp³-hybridized carbons (Fsp3) is 0. The summed E-state index contributed by atoms with van der Waals surface area (Å²) < 4.78 is 9.17. The van der Waals surface area contributed by atoms with Crippen LogP contribution in [0.25, 0.3) is 60.9 Å². The highest BCUT2D eigenvalue weighted by Gasteiger charge is 2.41. The van der Waals surface area contributed by atoms with Crippen LogP contribution in [0.2, 0.25) is 0 Å². The van der Waals surface area contributed by atoms with E-state index in [2.05, 4.69) is 242 Å². The summed E-state index contributed by atoms with van der Waals surface area (Å²) in [7, 11) is -0.504. The molecule has 5 heteroatoms. The topological polar surface area (TPSA) is 14.2 Å². The van der Waals surface area contributed by atoms with Gasteiger partial charge in [-0.15, -0.1) is 12.6 Å². The van der Waals surface area contributed by atoms with E-state index in [1.54, 1.807) is 0 Å². The van der Waals surface area contributed by atoms with Gasteiger partial charge >= 0.3 is 0 Å². The van der Waals surface area contributed by atoms with Crippen molar-refractivity contribution in [1.29, 1.82) is 0 Å². The molecule has 0 unspecified atom stereocenters. The fourth-order valence-electron chi connectivity index (χ4n) is 10.2. The molecule has 0 saturated carbocycles. The Balaban J connectivity index is 0.999. The summed E-state index contributed by atoms with van der Waals surface area (Å²) >= 11 is 5.28. The third-order valence-electron chi connectivity index (χ3n) is 13.1. The summed E-state index contributed by atoms with van der Waals surface area (Å²) in [6.45, 7) is 0. The van der Waals surface area contributed by atoms with E-state index < -0.39 is 8.07 Å². The quantitative estimate of drug-likeness (QED) is 0.0913. The van der Waals surface area contributed by atoms with Gasteiger partial charge in [0.2, 0.25) is 7.28 Å². The van der Waals surface area contributed by atoms with E-state index in [4.69, 9.17) is 17.4 Å². The van der Waals surface area contributed by atoms with Gasteiger partial charge in [-0.3, -0.25) is 0 Å². The van der Waals surface area contributed by atoms with Crippen LogP contribution in [0.4, 0.5) is 0 Å². The Kier molecular flexibility index (Phi) is 9.74. The maximum atomic E-state index is 6.80. The molecule has 2 nitrogen and oxygen atoms in total. The van der Waals surface area contributed by atoms with Crippen molar-refractivity contribution in [2.45, 2.75) is 4.90 Å².